The van der Waals surface area contributed by atoms with Gasteiger partial charge in [-0.15, -0.1) is 0 Å². The van der Waals surface area contributed by atoms with Gasteiger partial charge in [0.25, 0.3) is 0 Å². The van der Waals surface area contributed by atoms with Gasteiger partial charge in [-0.25, -0.2) is 4.79 Å². The van der Waals surface area contributed by atoms with Crippen LogP contribution in [-0.2, 0) is 14.4 Å². The molecule has 0 spiro atoms. The summed E-state index contributed by atoms with van der Waals surface area (Å²) < 4.78 is 0. The molecule has 0 aromatic rings. The second-order valence-corrected chi connectivity index (χ2v) is 17.5. The number of aliphatic hydroxyl groups is 1. The lowest BCUT2D eigenvalue weighted by Crippen LogP contribution is -2.55. The highest BCUT2D eigenvalue weighted by molar-refractivity contribution is 8.00. The fourth-order valence-electron chi connectivity index (χ4n) is 10.9. The van der Waals surface area contributed by atoms with E-state index in [1.807, 2.05) is 11.8 Å². The van der Waals surface area contributed by atoms with E-state index in [2.05, 4.69) is 48.1 Å². The third kappa shape index (κ3) is 7.26. The lowest BCUT2D eigenvalue weighted by molar-refractivity contribution is -0.122. The van der Waals surface area contributed by atoms with Crippen LogP contribution in [0.15, 0.2) is 23.8 Å². The molecule has 6 rings (SSSR count). The molecule has 266 valence electrons. The van der Waals surface area contributed by atoms with Crippen LogP contribution in [0.2, 0.25) is 0 Å². The van der Waals surface area contributed by atoms with Crippen LogP contribution in [0.1, 0.15) is 104 Å². The molecule has 2 aliphatic heterocycles. The maximum absolute atomic E-state index is 12.7. The standard InChI is InChI=1S/C38H58N4O5S/c1-23(26-11-12-27-34-28(15-17-38(26,27)3)37(2)16-14-25(43)20-24(37)21-30(34)44)10-13-33(46)40-19-7-6-18-39-32(45)9-5-4-8-31-35-29(22-48-31)41-36(47)42-35/h14,16,20,23,26-31,34-35,44H,4-13,15,17-19,21-22H2,1-3H3,(H,39,45)(H,40,46)(H2,41,42,47)/t23-,26?,27?,28?,29?,30-,31?,34?,35?,37+,38-/m1/s1. The number of amides is 4. The van der Waals surface area contributed by atoms with Gasteiger partial charge in [0.1, 0.15) is 0 Å². The summed E-state index contributed by atoms with van der Waals surface area (Å²) in [7, 11) is 0. The van der Waals surface area contributed by atoms with Crippen molar-refractivity contribution >= 4 is 35.4 Å². The Hall–Kier alpha value is -2.33. The van der Waals surface area contributed by atoms with Crippen molar-refractivity contribution in [1.29, 1.82) is 0 Å². The number of urea groups is 1. The predicted octanol–water partition coefficient (Wildman–Crippen LogP) is 5.04. The van der Waals surface area contributed by atoms with E-state index in [4.69, 9.17) is 0 Å². The van der Waals surface area contributed by atoms with Crippen LogP contribution in [0.3, 0.4) is 0 Å². The Kier molecular flexibility index (Phi) is 11.0. The van der Waals surface area contributed by atoms with Crippen LogP contribution in [0.4, 0.5) is 4.79 Å². The highest BCUT2D eigenvalue weighted by Gasteiger charge is 2.61. The molecule has 48 heavy (non-hydrogen) atoms. The first-order valence-corrected chi connectivity index (χ1v) is 19.9. The fourth-order valence-corrected chi connectivity index (χ4v) is 12.4. The normalized spacial score (nSPS) is 38.5. The molecule has 5 fully saturated rings. The number of allylic oxidation sites excluding steroid dienone is 3. The number of hydrogen-bond donors (Lipinski definition) is 5. The second-order valence-electron chi connectivity index (χ2n) is 16.3. The minimum atomic E-state index is -0.386. The maximum atomic E-state index is 12.7. The number of carbonyl (C=O) groups is 4. The van der Waals surface area contributed by atoms with Crippen molar-refractivity contribution in [2.75, 3.05) is 18.8 Å². The van der Waals surface area contributed by atoms with Gasteiger partial charge in [0.05, 0.1) is 18.2 Å². The highest BCUT2D eigenvalue weighted by atomic mass is 32.2. The molecular formula is C38H58N4O5S. The van der Waals surface area contributed by atoms with E-state index in [-0.39, 0.29) is 58.6 Å². The molecule has 0 bridgehead atoms. The largest absolute Gasteiger partial charge is 0.392 e. The summed E-state index contributed by atoms with van der Waals surface area (Å²) in [6, 6.07) is 0.417. The number of aliphatic hydroxyl groups excluding tert-OH is 1. The van der Waals surface area contributed by atoms with Gasteiger partial charge in [0.2, 0.25) is 11.8 Å². The number of thioether (sulfide) groups is 1. The van der Waals surface area contributed by atoms with E-state index in [1.54, 1.807) is 12.2 Å². The lowest BCUT2D eigenvalue weighted by atomic mass is 9.46. The molecule has 7 unspecified atom stereocenters. The van der Waals surface area contributed by atoms with Crippen LogP contribution < -0.4 is 21.3 Å². The topological polar surface area (TPSA) is 137 Å². The van der Waals surface area contributed by atoms with Crippen molar-refractivity contribution in [3.05, 3.63) is 23.8 Å². The summed E-state index contributed by atoms with van der Waals surface area (Å²) in [5.74, 6) is 3.34. The van der Waals surface area contributed by atoms with Crippen LogP contribution in [0, 0.1) is 40.4 Å². The van der Waals surface area contributed by atoms with Gasteiger partial charge in [0, 0.05) is 42.3 Å². The van der Waals surface area contributed by atoms with E-state index in [9.17, 15) is 24.3 Å². The molecule has 3 saturated carbocycles. The van der Waals surface area contributed by atoms with Gasteiger partial charge in [-0.1, -0.05) is 38.8 Å². The van der Waals surface area contributed by atoms with E-state index >= 15 is 0 Å². The zero-order valence-corrected chi connectivity index (χ0v) is 30.0. The van der Waals surface area contributed by atoms with E-state index in [0.717, 1.165) is 75.5 Å². The van der Waals surface area contributed by atoms with E-state index in [1.165, 1.54) is 0 Å². The molecule has 10 heteroatoms. The average molecular weight is 683 g/mol. The van der Waals surface area contributed by atoms with E-state index < -0.39 is 0 Å². The van der Waals surface area contributed by atoms with Gasteiger partial charge >= 0.3 is 6.03 Å². The van der Waals surface area contributed by atoms with Gasteiger partial charge in [0.15, 0.2) is 5.78 Å². The molecule has 4 amide bonds. The molecule has 4 aliphatic carbocycles. The first kappa shape index (κ1) is 35.5. The summed E-state index contributed by atoms with van der Waals surface area (Å²) >= 11 is 1.91. The van der Waals surface area contributed by atoms with Crippen LogP contribution in [-0.4, -0.2) is 71.0 Å². The summed E-state index contributed by atoms with van der Waals surface area (Å²) in [5.41, 5.74) is 1.17. The molecule has 6 aliphatic rings. The first-order valence-electron chi connectivity index (χ1n) is 18.8. The number of unbranched alkanes of at least 4 members (excludes halogenated alkanes) is 2. The molecule has 0 aromatic carbocycles. The number of hydrogen-bond acceptors (Lipinski definition) is 6. The third-order valence-corrected chi connectivity index (χ3v) is 15.0. The minimum absolute atomic E-state index is 0.0483. The van der Waals surface area contributed by atoms with Crippen LogP contribution in [0.5, 0.6) is 0 Å². The molecule has 2 saturated heterocycles. The van der Waals surface area contributed by atoms with Crippen molar-refractivity contribution in [3.8, 4) is 0 Å². The Morgan fingerprint density at radius 2 is 1.75 bits per heavy atom. The van der Waals surface area contributed by atoms with Gasteiger partial charge in [-0.3, -0.25) is 14.4 Å². The second kappa shape index (κ2) is 14.9. The Morgan fingerprint density at radius 1 is 1.00 bits per heavy atom. The first-order chi connectivity index (χ1) is 23.0. The average Bonchev–Trinajstić information content (AvgIpc) is 3.72. The zero-order chi connectivity index (χ0) is 34.1. The number of ketones is 1. The molecule has 0 radical (unpaired) electrons. The fraction of sp³-hybridized carbons (Fsp3) is 0.789. The van der Waals surface area contributed by atoms with Gasteiger partial charge in [-0.05, 0) is 111 Å². The van der Waals surface area contributed by atoms with Crippen molar-refractivity contribution < 1.29 is 24.3 Å². The highest BCUT2D eigenvalue weighted by Crippen LogP contribution is 2.67. The Bertz CT molecular complexity index is 1300. The number of rotatable bonds is 14. The quantitative estimate of drug-likeness (QED) is 0.129. The molecule has 0 aromatic heterocycles. The van der Waals surface area contributed by atoms with Crippen molar-refractivity contribution in [2.24, 2.45) is 40.4 Å². The van der Waals surface area contributed by atoms with Crippen molar-refractivity contribution in [3.63, 3.8) is 0 Å². The monoisotopic (exact) mass is 682 g/mol. The zero-order valence-electron chi connectivity index (χ0n) is 29.2. The Morgan fingerprint density at radius 3 is 2.52 bits per heavy atom. The number of fused-ring (bicyclic) bond motifs is 6. The van der Waals surface area contributed by atoms with Crippen LogP contribution in [0.25, 0.3) is 0 Å². The lowest BCUT2D eigenvalue weighted by Gasteiger charge is -2.59. The summed E-state index contributed by atoms with van der Waals surface area (Å²) in [4.78, 5) is 48.6. The molecule has 11 atom stereocenters. The molecule has 5 N–H and O–H groups in total. The minimum Gasteiger partial charge on any atom is -0.392 e. The maximum Gasteiger partial charge on any atom is 0.315 e. The number of nitrogens with one attached hydrogen (secondary N) is 4. The van der Waals surface area contributed by atoms with Gasteiger partial charge in [-0.2, -0.15) is 11.8 Å². The Balaban J connectivity index is 0.840. The van der Waals surface area contributed by atoms with Crippen molar-refractivity contribution in [1.82, 2.24) is 21.3 Å². The number of carbonyl (C=O) groups excluding carboxylic acids is 4. The predicted molar refractivity (Wildman–Crippen MR) is 189 cm³/mol. The summed E-state index contributed by atoms with van der Waals surface area (Å²) in [6.07, 6.45) is 16.9. The SMILES string of the molecule is C[C@H](CCC(=O)NCCCCNC(=O)CCCCC1SCC2NC(=O)NC21)C1CCC2C3C(CC[C@@]21C)[C@@]1(C)C=CC(=O)C=C1C[C@H]3O. The summed E-state index contributed by atoms with van der Waals surface area (Å²) in [6.45, 7) is 8.33. The third-order valence-electron chi connectivity index (χ3n) is 13.5. The Labute approximate surface area is 291 Å². The summed E-state index contributed by atoms with van der Waals surface area (Å²) in [5, 5.41) is 24.0. The molecular weight excluding hydrogens is 625 g/mol. The van der Waals surface area contributed by atoms with Gasteiger partial charge < -0.3 is 26.4 Å². The molecule has 2 heterocycles. The van der Waals surface area contributed by atoms with Crippen LogP contribution >= 0.6 is 11.8 Å². The molecule has 9 nitrogen and oxygen atoms in total. The van der Waals surface area contributed by atoms with Crippen molar-refractivity contribution in [2.45, 2.75) is 128 Å². The van der Waals surface area contributed by atoms with E-state index in [0.29, 0.717) is 61.3 Å². The smallest absolute Gasteiger partial charge is 0.315 e.